The maximum atomic E-state index is 12.8. The summed E-state index contributed by atoms with van der Waals surface area (Å²) in [4.78, 5) is 37.9. The summed E-state index contributed by atoms with van der Waals surface area (Å²) in [5, 5.41) is 0. The Bertz CT molecular complexity index is 1270. The van der Waals surface area contributed by atoms with Gasteiger partial charge < -0.3 is 14.2 Å². The van der Waals surface area contributed by atoms with E-state index in [1.807, 2.05) is 0 Å². The van der Waals surface area contributed by atoms with Crippen LogP contribution in [0.25, 0.3) is 0 Å². The Balaban J connectivity index is 4.00. The van der Waals surface area contributed by atoms with Crippen LogP contribution in [0, 0.1) is 0 Å². The van der Waals surface area contributed by atoms with Crippen LogP contribution in [-0.4, -0.2) is 37.2 Å². The topological polar surface area (TPSA) is 78.9 Å². The first-order chi connectivity index (χ1) is 36.0. The molecule has 0 heterocycles. The van der Waals surface area contributed by atoms with E-state index < -0.39 is 6.10 Å². The molecule has 0 radical (unpaired) electrons. The molecule has 0 aromatic rings. The number of unbranched alkanes of at least 4 members (excludes halogenated alkanes) is 40. The Morgan fingerprint density at radius 1 is 0.274 bits per heavy atom. The quantitative estimate of drug-likeness (QED) is 0.0261. The van der Waals surface area contributed by atoms with Crippen molar-refractivity contribution in [2.45, 2.75) is 348 Å². The Morgan fingerprint density at radius 2 is 0.493 bits per heavy atom. The number of esters is 3. The maximum absolute atomic E-state index is 12.8. The van der Waals surface area contributed by atoms with Gasteiger partial charge in [0, 0.05) is 19.3 Å². The molecule has 0 saturated heterocycles. The van der Waals surface area contributed by atoms with Crippen molar-refractivity contribution in [3.05, 3.63) is 48.6 Å². The number of hydrogen-bond donors (Lipinski definition) is 0. The van der Waals surface area contributed by atoms with Crippen LogP contribution < -0.4 is 0 Å². The molecule has 0 bridgehead atoms. The molecule has 0 aromatic heterocycles. The van der Waals surface area contributed by atoms with Crippen molar-refractivity contribution >= 4 is 17.9 Å². The normalized spacial score (nSPS) is 12.3. The summed E-state index contributed by atoms with van der Waals surface area (Å²) in [7, 11) is 0. The molecule has 0 spiro atoms. The lowest BCUT2D eigenvalue weighted by atomic mass is 10.0. The van der Waals surface area contributed by atoms with Crippen LogP contribution in [-0.2, 0) is 28.6 Å². The van der Waals surface area contributed by atoms with E-state index in [2.05, 4.69) is 69.4 Å². The van der Waals surface area contributed by atoms with Gasteiger partial charge in [0.2, 0.25) is 0 Å². The van der Waals surface area contributed by atoms with Gasteiger partial charge in [-0.3, -0.25) is 14.4 Å². The van der Waals surface area contributed by atoms with Crippen molar-refractivity contribution in [1.82, 2.24) is 0 Å². The number of ether oxygens (including phenoxy) is 3. The molecule has 1 unspecified atom stereocenters. The van der Waals surface area contributed by atoms with E-state index in [-0.39, 0.29) is 31.1 Å². The first-order valence-electron chi connectivity index (χ1n) is 32.1. The highest BCUT2D eigenvalue weighted by Gasteiger charge is 2.19. The molecule has 0 aromatic carbocycles. The maximum Gasteiger partial charge on any atom is 0.306 e. The van der Waals surface area contributed by atoms with Crippen LogP contribution in [0.5, 0.6) is 0 Å². The monoisotopic (exact) mass is 1020 g/mol. The first kappa shape index (κ1) is 70.4. The highest BCUT2D eigenvalue weighted by molar-refractivity contribution is 5.71. The Kier molecular flexibility index (Phi) is 59.7. The summed E-state index contributed by atoms with van der Waals surface area (Å²) in [6.07, 6.45) is 77.5. The fourth-order valence-electron chi connectivity index (χ4n) is 9.45. The molecule has 1 atom stereocenters. The number of allylic oxidation sites excluding steroid dienone is 8. The smallest absolute Gasteiger partial charge is 0.306 e. The lowest BCUT2D eigenvalue weighted by molar-refractivity contribution is -0.167. The Labute approximate surface area is 454 Å². The van der Waals surface area contributed by atoms with Gasteiger partial charge in [0.05, 0.1) is 0 Å². The molecule has 0 fully saturated rings. The van der Waals surface area contributed by atoms with E-state index in [0.29, 0.717) is 19.3 Å². The average molecular weight is 1020 g/mol. The van der Waals surface area contributed by atoms with E-state index in [1.54, 1.807) is 0 Å². The molecule has 73 heavy (non-hydrogen) atoms. The van der Waals surface area contributed by atoms with Crippen LogP contribution >= 0.6 is 0 Å². The molecule has 6 nitrogen and oxygen atoms in total. The van der Waals surface area contributed by atoms with Gasteiger partial charge in [-0.15, -0.1) is 0 Å². The minimum Gasteiger partial charge on any atom is -0.462 e. The van der Waals surface area contributed by atoms with Crippen LogP contribution in [0.1, 0.15) is 342 Å². The molecule has 0 N–H and O–H groups in total. The molecule has 6 heteroatoms. The average Bonchev–Trinajstić information content (AvgIpc) is 3.39. The molecule has 0 amide bonds. The van der Waals surface area contributed by atoms with Crippen molar-refractivity contribution in [3.63, 3.8) is 0 Å². The van der Waals surface area contributed by atoms with Crippen molar-refractivity contribution in [3.8, 4) is 0 Å². The zero-order valence-electron chi connectivity index (χ0n) is 48.9. The fraction of sp³-hybridized carbons (Fsp3) is 0.836. The number of hydrogen-bond acceptors (Lipinski definition) is 6. The predicted molar refractivity (Wildman–Crippen MR) is 316 cm³/mol. The van der Waals surface area contributed by atoms with Gasteiger partial charge in [0.1, 0.15) is 13.2 Å². The largest absolute Gasteiger partial charge is 0.462 e. The molecule has 0 rings (SSSR count). The van der Waals surface area contributed by atoms with Crippen LogP contribution in [0.4, 0.5) is 0 Å². The van der Waals surface area contributed by atoms with E-state index in [1.165, 1.54) is 218 Å². The minimum atomic E-state index is -0.775. The highest BCUT2D eigenvalue weighted by atomic mass is 16.6. The van der Waals surface area contributed by atoms with E-state index in [0.717, 1.165) is 83.5 Å². The molecule has 0 aliphatic rings. The number of carbonyl (C=O) groups is 3. The summed E-state index contributed by atoms with van der Waals surface area (Å²) in [6.45, 7) is 6.57. The van der Waals surface area contributed by atoms with E-state index >= 15 is 0 Å². The third-order valence-corrected chi connectivity index (χ3v) is 14.3. The second kappa shape index (κ2) is 61.9. The van der Waals surface area contributed by atoms with Gasteiger partial charge in [0.25, 0.3) is 0 Å². The molecular formula is C67H122O6. The van der Waals surface area contributed by atoms with Gasteiger partial charge in [-0.1, -0.05) is 288 Å². The molecular weight excluding hydrogens is 901 g/mol. The van der Waals surface area contributed by atoms with Crippen molar-refractivity contribution in [1.29, 1.82) is 0 Å². The fourth-order valence-corrected chi connectivity index (χ4v) is 9.45. The SMILES string of the molecule is CCCCCCC/C=C\C/C=C\C/C=C\CCCCCCCCC(=O)OC(COC(=O)CCCCCCC)COC(=O)CCCCCCCCCCCCCCCCCCC/C=C\CCCCCCCCCC. The molecule has 0 saturated carbocycles. The summed E-state index contributed by atoms with van der Waals surface area (Å²) in [6, 6.07) is 0. The summed E-state index contributed by atoms with van der Waals surface area (Å²) in [5.74, 6) is -0.887. The van der Waals surface area contributed by atoms with Gasteiger partial charge in [-0.25, -0.2) is 0 Å². The summed E-state index contributed by atoms with van der Waals surface area (Å²) >= 11 is 0. The summed E-state index contributed by atoms with van der Waals surface area (Å²) < 4.78 is 16.8. The van der Waals surface area contributed by atoms with Gasteiger partial charge >= 0.3 is 17.9 Å². The van der Waals surface area contributed by atoms with Crippen LogP contribution in [0.15, 0.2) is 48.6 Å². The van der Waals surface area contributed by atoms with Crippen molar-refractivity contribution in [2.75, 3.05) is 13.2 Å². The van der Waals surface area contributed by atoms with Gasteiger partial charge in [-0.2, -0.15) is 0 Å². The Hall–Kier alpha value is -2.63. The standard InChI is InChI=1S/C67H122O6/c1-4-7-10-13-15-17-19-21-23-25-27-29-30-31-32-33-34-35-36-38-39-41-43-45-47-49-51-54-57-60-66(69)72-63-64(62-71-65(68)59-56-53-12-9-6-3)73-67(70)61-58-55-52-50-48-46-44-42-40-37-28-26-24-22-20-18-16-14-11-8-5-2/h20,22,25-28,40,42,64H,4-19,21,23-24,29-39,41,43-63H2,1-3H3/b22-20-,27-25-,28-26-,42-40-. The third-order valence-electron chi connectivity index (χ3n) is 14.3. The van der Waals surface area contributed by atoms with E-state index in [4.69, 9.17) is 14.2 Å². The first-order valence-corrected chi connectivity index (χ1v) is 32.1. The predicted octanol–water partition coefficient (Wildman–Crippen LogP) is 21.8. The lowest BCUT2D eigenvalue weighted by Gasteiger charge is -2.18. The minimum absolute atomic E-state index is 0.0759. The van der Waals surface area contributed by atoms with E-state index in [9.17, 15) is 14.4 Å². The van der Waals surface area contributed by atoms with Gasteiger partial charge in [0.15, 0.2) is 6.10 Å². The van der Waals surface area contributed by atoms with Crippen LogP contribution in [0.3, 0.4) is 0 Å². The molecule has 0 aliphatic carbocycles. The second-order valence-electron chi connectivity index (χ2n) is 21.7. The second-order valence-corrected chi connectivity index (χ2v) is 21.7. The Morgan fingerprint density at radius 3 is 0.781 bits per heavy atom. The number of carbonyl (C=O) groups excluding carboxylic acids is 3. The zero-order chi connectivity index (χ0) is 52.9. The summed E-state index contributed by atoms with van der Waals surface area (Å²) in [5.41, 5.74) is 0. The van der Waals surface area contributed by atoms with Crippen molar-refractivity contribution < 1.29 is 28.6 Å². The molecule has 426 valence electrons. The van der Waals surface area contributed by atoms with Crippen molar-refractivity contribution in [2.24, 2.45) is 0 Å². The number of rotatable bonds is 59. The molecule has 0 aliphatic heterocycles. The van der Waals surface area contributed by atoms with Gasteiger partial charge in [-0.05, 0) is 83.5 Å². The van der Waals surface area contributed by atoms with Crippen LogP contribution in [0.2, 0.25) is 0 Å². The zero-order valence-corrected chi connectivity index (χ0v) is 48.9. The lowest BCUT2D eigenvalue weighted by Crippen LogP contribution is -2.30. The third kappa shape index (κ3) is 60.1. The highest BCUT2D eigenvalue weighted by Crippen LogP contribution is 2.17.